The summed E-state index contributed by atoms with van der Waals surface area (Å²) in [5.41, 5.74) is -0.250. The maximum Gasteiger partial charge on any atom is 0.416 e. The standard InChI is InChI=1S/C21H18F4N2O5S/c1-12-8-13(9-16(22)19(12)27-33(2,29)30)11-26-20(28)32-18-7-6-17(31-18)14-4-3-5-15(10-14)21(23,24)25/h3-10,27H,11H2,1-2H3,(H,26,28). The van der Waals surface area contributed by atoms with Crippen molar-refractivity contribution in [2.24, 2.45) is 0 Å². The first-order chi connectivity index (χ1) is 15.3. The van der Waals surface area contributed by atoms with Crippen molar-refractivity contribution in [2.75, 3.05) is 11.0 Å². The highest BCUT2D eigenvalue weighted by Crippen LogP contribution is 2.33. The van der Waals surface area contributed by atoms with Gasteiger partial charge in [-0.05, 0) is 42.3 Å². The fraction of sp³-hybridized carbons (Fsp3) is 0.190. The number of halogens is 4. The van der Waals surface area contributed by atoms with E-state index in [2.05, 4.69) is 10.0 Å². The molecular weight excluding hydrogens is 468 g/mol. The maximum absolute atomic E-state index is 14.2. The molecule has 0 saturated carbocycles. The molecule has 0 atom stereocenters. The van der Waals surface area contributed by atoms with Crippen LogP contribution in [0.2, 0.25) is 0 Å². The van der Waals surface area contributed by atoms with Crippen molar-refractivity contribution in [1.82, 2.24) is 5.32 Å². The number of benzene rings is 2. The number of anilines is 1. The molecule has 0 aliphatic rings. The second-order valence-corrected chi connectivity index (χ2v) is 8.83. The summed E-state index contributed by atoms with van der Waals surface area (Å²) in [7, 11) is -3.67. The average Bonchev–Trinajstić information content (AvgIpc) is 3.16. The summed E-state index contributed by atoms with van der Waals surface area (Å²) in [6.45, 7) is 1.35. The van der Waals surface area contributed by atoms with Gasteiger partial charge in [-0.1, -0.05) is 18.2 Å². The molecule has 0 unspecified atom stereocenters. The van der Waals surface area contributed by atoms with Crippen molar-refractivity contribution >= 4 is 21.8 Å². The van der Waals surface area contributed by atoms with E-state index in [9.17, 15) is 30.8 Å². The molecule has 0 spiro atoms. The van der Waals surface area contributed by atoms with Crippen molar-refractivity contribution in [2.45, 2.75) is 19.6 Å². The highest BCUT2D eigenvalue weighted by Gasteiger charge is 2.30. The molecule has 1 amide bonds. The molecular formula is C21H18F4N2O5S. The predicted molar refractivity (Wildman–Crippen MR) is 112 cm³/mol. The van der Waals surface area contributed by atoms with Crippen LogP contribution in [-0.4, -0.2) is 20.8 Å². The van der Waals surface area contributed by atoms with Crippen molar-refractivity contribution in [3.8, 4) is 17.3 Å². The van der Waals surface area contributed by atoms with Crippen LogP contribution in [0.1, 0.15) is 16.7 Å². The Labute approximate surface area is 186 Å². The third kappa shape index (κ3) is 6.48. The molecule has 2 aromatic carbocycles. The van der Waals surface area contributed by atoms with Crippen LogP contribution in [-0.2, 0) is 22.7 Å². The van der Waals surface area contributed by atoms with Crippen LogP contribution in [0, 0.1) is 12.7 Å². The van der Waals surface area contributed by atoms with E-state index in [1.807, 2.05) is 0 Å². The van der Waals surface area contributed by atoms with Crippen LogP contribution in [0.3, 0.4) is 0 Å². The number of sulfonamides is 1. The zero-order valence-corrected chi connectivity index (χ0v) is 18.1. The third-order valence-electron chi connectivity index (χ3n) is 4.32. The highest BCUT2D eigenvalue weighted by atomic mass is 32.2. The first-order valence-corrected chi connectivity index (χ1v) is 11.2. The lowest BCUT2D eigenvalue weighted by Gasteiger charge is -2.12. The number of carbonyl (C=O) groups excluding carboxylic acids is 1. The van der Waals surface area contributed by atoms with Gasteiger partial charge in [0.05, 0.1) is 17.5 Å². The van der Waals surface area contributed by atoms with Gasteiger partial charge >= 0.3 is 12.3 Å². The summed E-state index contributed by atoms with van der Waals surface area (Å²) in [5.74, 6) is -1.01. The van der Waals surface area contributed by atoms with E-state index < -0.39 is 33.7 Å². The van der Waals surface area contributed by atoms with Crippen LogP contribution in [0.15, 0.2) is 52.9 Å². The van der Waals surface area contributed by atoms with Crippen LogP contribution in [0.5, 0.6) is 5.95 Å². The number of furan rings is 1. The SMILES string of the molecule is Cc1cc(CNC(=O)Oc2ccc(-c3cccc(C(F)(F)F)c3)o2)cc(F)c1NS(C)(=O)=O. The zero-order chi connectivity index (χ0) is 24.4. The van der Waals surface area contributed by atoms with E-state index in [4.69, 9.17) is 9.15 Å². The Hall–Kier alpha value is -3.54. The summed E-state index contributed by atoms with van der Waals surface area (Å²) >= 11 is 0. The Balaban J connectivity index is 1.63. The summed E-state index contributed by atoms with van der Waals surface area (Å²) in [5, 5.41) is 2.37. The smallest absolute Gasteiger partial charge is 0.416 e. The Bertz CT molecular complexity index is 1260. The normalized spacial score (nSPS) is 11.8. The molecule has 2 N–H and O–H groups in total. The van der Waals surface area contributed by atoms with Gasteiger partial charge in [-0.2, -0.15) is 13.2 Å². The van der Waals surface area contributed by atoms with Crippen molar-refractivity contribution in [3.05, 3.63) is 71.0 Å². The summed E-state index contributed by atoms with van der Waals surface area (Å²) < 4.78 is 87.8. The first-order valence-electron chi connectivity index (χ1n) is 9.32. The maximum atomic E-state index is 14.2. The molecule has 176 valence electrons. The van der Waals surface area contributed by atoms with Crippen molar-refractivity contribution in [3.63, 3.8) is 0 Å². The lowest BCUT2D eigenvalue weighted by atomic mass is 10.1. The van der Waals surface area contributed by atoms with Gasteiger partial charge < -0.3 is 14.5 Å². The molecule has 33 heavy (non-hydrogen) atoms. The second kappa shape index (κ2) is 9.14. The topological polar surface area (TPSA) is 97.6 Å². The molecule has 0 bridgehead atoms. The Morgan fingerprint density at radius 2 is 1.85 bits per heavy atom. The summed E-state index contributed by atoms with van der Waals surface area (Å²) in [6.07, 6.45) is -4.57. The summed E-state index contributed by atoms with van der Waals surface area (Å²) in [6, 6.07) is 9.63. The minimum absolute atomic E-state index is 0.0653. The lowest BCUT2D eigenvalue weighted by Crippen LogP contribution is -2.26. The largest absolute Gasteiger partial charge is 0.425 e. The van der Waals surface area contributed by atoms with Gasteiger partial charge in [0.25, 0.3) is 5.95 Å². The van der Waals surface area contributed by atoms with Crippen LogP contribution in [0.4, 0.5) is 28.0 Å². The molecule has 0 fully saturated rings. The molecule has 0 aliphatic heterocycles. The van der Waals surface area contributed by atoms with E-state index >= 15 is 0 Å². The Morgan fingerprint density at radius 1 is 1.12 bits per heavy atom. The number of hydrogen-bond acceptors (Lipinski definition) is 5. The molecule has 0 saturated heterocycles. The molecule has 1 aromatic heterocycles. The van der Waals surface area contributed by atoms with Crippen molar-refractivity contribution in [1.29, 1.82) is 0 Å². The molecule has 3 aromatic rings. The fourth-order valence-corrected chi connectivity index (χ4v) is 3.54. The molecule has 0 radical (unpaired) electrons. The van der Waals surface area contributed by atoms with Gasteiger partial charge in [-0.3, -0.25) is 4.72 Å². The third-order valence-corrected chi connectivity index (χ3v) is 4.90. The number of hydrogen-bond donors (Lipinski definition) is 2. The quantitative estimate of drug-likeness (QED) is 0.474. The Kier molecular flexibility index (Phi) is 6.68. The van der Waals surface area contributed by atoms with Gasteiger partial charge in [-0.15, -0.1) is 0 Å². The molecule has 3 rings (SSSR count). The number of nitrogens with one attached hydrogen (secondary N) is 2. The highest BCUT2D eigenvalue weighted by molar-refractivity contribution is 7.92. The van der Waals surface area contributed by atoms with Gasteiger partial charge in [0.1, 0.15) is 11.6 Å². The minimum Gasteiger partial charge on any atom is -0.425 e. The minimum atomic E-state index is -4.52. The number of rotatable bonds is 6. The molecule has 0 aliphatic carbocycles. The van der Waals surface area contributed by atoms with E-state index in [1.54, 1.807) is 0 Å². The number of amides is 1. The van der Waals surface area contributed by atoms with Crippen molar-refractivity contribution < 1.29 is 39.9 Å². The van der Waals surface area contributed by atoms with E-state index in [1.165, 1.54) is 37.3 Å². The average molecular weight is 486 g/mol. The van der Waals surface area contributed by atoms with Gasteiger partial charge in [0.15, 0.2) is 0 Å². The van der Waals surface area contributed by atoms with E-state index in [0.717, 1.165) is 24.5 Å². The Morgan fingerprint density at radius 3 is 2.48 bits per heavy atom. The van der Waals surface area contributed by atoms with Gasteiger partial charge in [-0.25, -0.2) is 17.6 Å². The second-order valence-electron chi connectivity index (χ2n) is 7.08. The first kappa shape index (κ1) is 24.1. The zero-order valence-electron chi connectivity index (χ0n) is 17.3. The van der Waals surface area contributed by atoms with Crippen LogP contribution in [0.25, 0.3) is 11.3 Å². The number of ether oxygens (including phenoxy) is 1. The van der Waals surface area contributed by atoms with Crippen LogP contribution < -0.4 is 14.8 Å². The predicted octanol–water partition coefficient (Wildman–Crippen LogP) is 5.07. The molecule has 12 heteroatoms. The van der Waals surface area contributed by atoms with Crippen LogP contribution >= 0.6 is 0 Å². The van der Waals surface area contributed by atoms with Gasteiger partial charge in [0.2, 0.25) is 10.0 Å². The monoisotopic (exact) mass is 486 g/mol. The van der Waals surface area contributed by atoms with Gasteiger partial charge in [0, 0.05) is 18.2 Å². The van der Waals surface area contributed by atoms with E-state index in [0.29, 0.717) is 11.1 Å². The fourth-order valence-electron chi connectivity index (χ4n) is 2.91. The molecule has 7 nitrogen and oxygen atoms in total. The number of aryl methyl sites for hydroxylation is 1. The lowest BCUT2D eigenvalue weighted by molar-refractivity contribution is -0.137. The number of alkyl halides is 3. The molecule has 1 heterocycles. The summed E-state index contributed by atoms with van der Waals surface area (Å²) in [4.78, 5) is 12.0. The van der Waals surface area contributed by atoms with E-state index in [-0.39, 0.29) is 29.5 Å². The number of carbonyl (C=O) groups is 1.